The lowest BCUT2D eigenvalue weighted by Crippen LogP contribution is -3.00. The molecule has 0 rings (SSSR count). The molecule has 0 aliphatic heterocycles. The van der Waals surface area contributed by atoms with Crippen molar-refractivity contribution in [3.8, 4) is 0 Å². The molecular weight excluding hydrogens is 314 g/mol. The molecule has 0 saturated carbocycles. The van der Waals surface area contributed by atoms with Gasteiger partial charge in [-0.05, 0) is 26.2 Å². The highest BCUT2D eigenvalue weighted by atomic mass is 35.5. The lowest BCUT2D eigenvalue weighted by molar-refractivity contribution is -0.908. The number of nitrogens with zero attached hydrogens (tertiary/aromatic N) is 1. The third-order valence-electron chi connectivity index (χ3n) is 5.58. The van der Waals surface area contributed by atoms with Gasteiger partial charge >= 0.3 is 0 Å². The molecule has 1 nitrogen and oxygen atoms in total. The highest BCUT2D eigenvalue weighted by molar-refractivity contribution is 4.49. The van der Waals surface area contributed by atoms with Gasteiger partial charge in [-0.2, -0.15) is 0 Å². The number of halogens is 1. The monoisotopic (exact) mass is 361 g/mol. The van der Waals surface area contributed by atoms with E-state index in [0.717, 1.165) is 0 Å². The predicted molar refractivity (Wildman–Crippen MR) is 107 cm³/mol. The first-order chi connectivity index (χ1) is 11.2. The standard InChI is InChI=1S/C22H48N.ClH/c1-5-8-9-10-11-12-13-14-15-16-17-18-19-20-22-23(4,7-3)21-6-2;/h5-22H2,1-4H3;1H/q+1;/p-1. The molecule has 0 aromatic carbocycles. The van der Waals surface area contributed by atoms with E-state index in [9.17, 15) is 0 Å². The highest BCUT2D eigenvalue weighted by Crippen LogP contribution is 2.14. The number of rotatable bonds is 18. The molecule has 0 spiro atoms. The molecule has 0 radical (unpaired) electrons. The van der Waals surface area contributed by atoms with Crippen LogP contribution in [0.5, 0.6) is 0 Å². The van der Waals surface area contributed by atoms with Crippen LogP contribution in [-0.2, 0) is 0 Å². The summed E-state index contributed by atoms with van der Waals surface area (Å²) in [5.74, 6) is 0. The Bertz CT molecular complexity index is 232. The van der Waals surface area contributed by atoms with Crippen LogP contribution in [0.3, 0.4) is 0 Å². The molecule has 0 saturated heterocycles. The summed E-state index contributed by atoms with van der Waals surface area (Å²) < 4.78 is 1.29. The van der Waals surface area contributed by atoms with E-state index in [0.29, 0.717) is 0 Å². The molecule has 1 atom stereocenters. The van der Waals surface area contributed by atoms with E-state index in [-0.39, 0.29) is 12.4 Å². The van der Waals surface area contributed by atoms with Crippen LogP contribution in [0.2, 0.25) is 0 Å². The Morgan fingerprint density at radius 1 is 0.458 bits per heavy atom. The molecule has 0 aromatic rings. The van der Waals surface area contributed by atoms with Gasteiger partial charge in [0.05, 0.1) is 26.7 Å². The van der Waals surface area contributed by atoms with Gasteiger partial charge in [-0.25, -0.2) is 0 Å². The second kappa shape index (κ2) is 19.6. The molecule has 0 fully saturated rings. The maximum atomic E-state index is 2.44. The largest absolute Gasteiger partial charge is 1.00 e. The maximum absolute atomic E-state index is 2.44. The quantitative estimate of drug-likeness (QED) is 0.251. The number of quaternary nitrogens is 1. The highest BCUT2D eigenvalue weighted by Gasteiger charge is 2.16. The van der Waals surface area contributed by atoms with E-state index in [1.54, 1.807) is 0 Å². The van der Waals surface area contributed by atoms with E-state index in [1.807, 2.05) is 0 Å². The molecular formula is C22H48ClN. The maximum Gasteiger partial charge on any atom is 0.0784 e. The molecule has 0 bridgehead atoms. The fourth-order valence-electron chi connectivity index (χ4n) is 3.66. The van der Waals surface area contributed by atoms with Crippen molar-refractivity contribution in [1.82, 2.24) is 0 Å². The Labute approximate surface area is 161 Å². The normalized spacial score (nSPS) is 13.5. The van der Waals surface area contributed by atoms with Gasteiger partial charge in [-0.15, -0.1) is 0 Å². The van der Waals surface area contributed by atoms with Crippen molar-refractivity contribution >= 4 is 0 Å². The molecule has 24 heavy (non-hydrogen) atoms. The molecule has 0 aliphatic carbocycles. The van der Waals surface area contributed by atoms with Crippen LogP contribution < -0.4 is 12.4 Å². The smallest absolute Gasteiger partial charge is 0.0784 e. The number of hydrogen-bond donors (Lipinski definition) is 0. The van der Waals surface area contributed by atoms with Gasteiger partial charge in [0.2, 0.25) is 0 Å². The average molecular weight is 362 g/mol. The van der Waals surface area contributed by atoms with E-state index < -0.39 is 0 Å². The van der Waals surface area contributed by atoms with Gasteiger partial charge in [-0.1, -0.05) is 90.9 Å². The first-order valence-corrected chi connectivity index (χ1v) is 11.0. The molecule has 0 amide bonds. The van der Waals surface area contributed by atoms with Gasteiger partial charge in [0.1, 0.15) is 0 Å². The van der Waals surface area contributed by atoms with Crippen molar-refractivity contribution in [3.63, 3.8) is 0 Å². The molecule has 0 heterocycles. The Morgan fingerprint density at radius 2 is 0.833 bits per heavy atom. The van der Waals surface area contributed by atoms with Crippen molar-refractivity contribution < 1.29 is 16.9 Å². The van der Waals surface area contributed by atoms with Gasteiger partial charge in [-0.3, -0.25) is 0 Å². The van der Waals surface area contributed by atoms with Crippen molar-refractivity contribution in [2.75, 3.05) is 26.7 Å². The summed E-state index contributed by atoms with van der Waals surface area (Å²) >= 11 is 0. The summed E-state index contributed by atoms with van der Waals surface area (Å²) in [4.78, 5) is 0. The molecule has 1 unspecified atom stereocenters. The van der Waals surface area contributed by atoms with E-state index in [2.05, 4.69) is 27.8 Å². The average Bonchev–Trinajstić information content (AvgIpc) is 2.55. The van der Waals surface area contributed by atoms with Crippen LogP contribution in [0, 0.1) is 0 Å². The third-order valence-corrected chi connectivity index (χ3v) is 5.58. The minimum atomic E-state index is 0. The Kier molecular flexibility index (Phi) is 21.6. The van der Waals surface area contributed by atoms with Crippen molar-refractivity contribution in [3.05, 3.63) is 0 Å². The zero-order chi connectivity index (χ0) is 17.2. The predicted octanol–water partition coefficient (Wildman–Crippen LogP) is 4.35. The van der Waals surface area contributed by atoms with Crippen LogP contribution >= 0.6 is 0 Å². The molecule has 0 aromatic heterocycles. The molecule has 148 valence electrons. The first-order valence-electron chi connectivity index (χ1n) is 11.0. The third kappa shape index (κ3) is 17.1. The summed E-state index contributed by atoms with van der Waals surface area (Å²) in [6.45, 7) is 11.0. The van der Waals surface area contributed by atoms with E-state index in [1.165, 1.54) is 120 Å². The van der Waals surface area contributed by atoms with Crippen LogP contribution in [0.1, 0.15) is 117 Å². The summed E-state index contributed by atoms with van der Waals surface area (Å²) in [5, 5.41) is 0. The van der Waals surface area contributed by atoms with Crippen molar-refractivity contribution in [1.29, 1.82) is 0 Å². The summed E-state index contributed by atoms with van der Waals surface area (Å²) in [6, 6.07) is 0. The van der Waals surface area contributed by atoms with E-state index in [4.69, 9.17) is 0 Å². The van der Waals surface area contributed by atoms with Crippen LogP contribution in [0.15, 0.2) is 0 Å². The van der Waals surface area contributed by atoms with Crippen LogP contribution in [0.25, 0.3) is 0 Å². The number of hydrogen-bond acceptors (Lipinski definition) is 0. The fourth-order valence-corrected chi connectivity index (χ4v) is 3.66. The van der Waals surface area contributed by atoms with Gasteiger partial charge in [0.25, 0.3) is 0 Å². The van der Waals surface area contributed by atoms with Crippen molar-refractivity contribution in [2.45, 2.75) is 117 Å². The van der Waals surface area contributed by atoms with E-state index >= 15 is 0 Å². The topological polar surface area (TPSA) is 0 Å². The Balaban J connectivity index is 0. The minimum absolute atomic E-state index is 0. The summed E-state index contributed by atoms with van der Waals surface area (Å²) in [7, 11) is 2.44. The lowest BCUT2D eigenvalue weighted by Gasteiger charge is -2.33. The van der Waals surface area contributed by atoms with Gasteiger partial charge in [0.15, 0.2) is 0 Å². The zero-order valence-electron chi connectivity index (χ0n) is 17.6. The first kappa shape index (κ1) is 26.5. The zero-order valence-corrected chi connectivity index (χ0v) is 18.3. The molecule has 0 aliphatic rings. The minimum Gasteiger partial charge on any atom is -1.00 e. The Hall–Kier alpha value is 0.250. The summed E-state index contributed by atoms with van der Waals surface area (Å²) in [6.07, 6.45) is 21.8. The lowest BCUT2D eigenvalue weighted by atomic mass is 10.0. The SMILES string of the molecule is CCCCCCCCCCCCCCCC[N+](C)(CC)CCC.[Cl-]. The second-order valence-corrected chi connectivity index (χ2v) is 7.98. The Morgan fingerprint density at radius 3 is 1.17 bits per heavy atom. The fraction of sp³-hybridized carbons (Fsp3) is 1.00. The van der Waals surface area contributed by atoms with Crippen LogP contribution in [0.4, 0.5) is 0 Å². The van der Waals surface area contributed by atoms with Crippen LogP contribution in [-0.4, -0.2) is 31.2 Å². The number of unbranched alkanes of at least 4 members (excludes halogenated alkanes) is 13. The second-order valence-electron chi connectivity index (χ2n) is 7.98. The molecule has 2 heteroatoms. The molecule has 0 N–H and O–H groups in total. The van der Waals surface area contributed by atoms with Gasteiger partial charge < -0.3 is 16.9 Å². The summed E-state index contributed by atoms with van der Waals surface area (Å²) in [5.41, 5.74) is 0. The van der Waals surface area contributed by atoms with Gasteiger partial charge in [0, 0.05) is 0 Å². The van der Waals surface area contributed by atoms with Crippen molar-refractivity contribution in [2.24, 2.45) is 0 Å².